The van der Waals surface area contributed by atoms with Gasteiger partial charge in [0.2, 0.25) is 5.91 Å². The first-order valence-corrected chi connectivity index (χ1v) is 9.00. The van der Waals surface area contributed by atoms with Crippen molar-refractivity contribution in [2.75, 3.05) is 42.9 Å². The molecule has 0 radical (unpaired) electrons. The van der Waals surface area contributed by atoms with E-state index >= 15 is 0 Å². The maximum atomic E-state index is 12.2. The van der Waals surface area contributed by atoms with Crippen LogP contribution in [0.5, 0.6) is 0 Å². The molecule has 4 nitrogen and oxygen atoms in total. The van der Waals surface area contributed by atoms with Crippen molar-refractivity contribution in [3.63, 3.8) is 0 Å². The van der Waals surface area contributed by atoms with Crippen LogP contribution in [-0.2, 0) is 4.79 Å². The highest BCUT2D eigenvalue weighted by Crippen LogP contribution is 2.18. The summed E-state index contributed by atoms with van der Waals surface area (Å²) in [7, 11) is 0. The average molecular weight is 317 g/mol. The minimum Gasteiger partial charge on any atom is -0.385 e. The summed E-state index contributed by atoms with van der Waals surface area (Å²) in [6.45, 7) is 11.2. The average Bonchev–Trinajstić information content (AvgIpc) is 2.58. The number of piperidine rings is 1. The van der Waals surface area contributed by atoms with Gasteiger partial charge in [-0.2, -0.15) is 0 Å². The van der Waals surface area contributed by atoms with Crippen molar-refractivity contribution in [1.82, 2.24) is 4.90 Å². The third-order valence-electron chi connectivity index (χ3n) is 4.80. The molecule has 0 spiro atoms. The van der Waals surface area contributed by atoms with Gasteiger partial charge in [-0.15, -0.1) is 0 Å². The molecule has 1 aliphatic heterocycles. The zero-order chi connectivity index (χ0) is 16.7. The highest BCUT2D eigenvalue weighted by atomic mass is 16.2. The summed E-state index contributed by atoms with van der Waals surface area (Å²) < 4.78 is 0. The molecule has 23 heavy (non-hydrogen) atoms. The van der Waals surface area contributed by atoms with Crippen LogP contribution in [0.3, 0.4) is 0 Å². The first kappa shape index (κ1) is 17.6. The smallest absolute Gasteiger partial charge is 0.224 e. The van der Waals surface area contributed by atoms with Crippen LogP contribution in [0.25, 0.3) is 0 Å². The van der Waals surface area contributed by atoms with E-state index in [-0.39, 0.29) is 5.91 Å². The summed E-state index contributed by atoms with van der Waals surface area (Å²) in [5, 5.41) is 3.36. The third kappa shape index (κ3) is 5.15. The van der Waals surface area contributed by atoms with E-state index in [1.165, 1.54) is 5.69 Å². The fraction of sp³-hybridized carbons (Fsp3) is 0.632. The van der Waals surface area contributed by atoms with Gasteiger partial charge in [-0.3, -0.25) is 4.79 Å². The van der Waals surface area contributed by atoms with E-state index in [0.29, 0.717) is 13.0 Å². The molecule has 1 heterocycles. The van der Waals surface area contributed by atoms with Crippen molar-refractivity contribution in [2.45, 2.75) is 40.0 Å². The summed E-state index contributed by atoms with van der Waals surface area (Å²) in [6.07, 6.45) is 2.87. The van der Waals surface area contributed by atoms with E-state index in [9.17, 15) is 4.79 Å². The van der Waals surface area contributed by atoms with Gasteiger partial charge in [-0.25, -0.2) is 0 Å². The Morgan fingerprint density at radius 1 is 1.17 bits per heavy atom. The van der Waals surface area contributed by atoms with Crippen LogP contribution in [-0.4, -0.2) is 43.5 Å². The second-order valence-corrected chi connectivity index (χ2v) is 6.46. The van der Waals surface area contributed by atoms with Crippen LogP contribution in [0, 0.1) is 5.92 Å². The van der Waals surface area contributed by atoms with E-state index in [1.54, 1.807) is 0 Å². The Kier molecular flexibility index (Phi) is 6.75. The van der Waals surface area contributed by atoms with Crippen molar-refractivity contribution < 1.29 is 4.79 Å². The molecule has 0 bridgehead atoms. The van der Waals surface area contributed by atoms with Crippen LogP contribution < -0.4 is 10.2 Å². The van der Waals surface area contributed by atoms with Crippen molar-refractivity contribution >= 4 is 17.3 Å². The zero-order valence-corrected chi connectivity index (χ0v) is 14.8. The number of hydrogen-bond acceptors (Lipinski definition) is 3. The predicted octanol–water partition coefficient (Wildman–Crippen LogP) is 3.59. The summed E-state index contributed by atoms with van der Waals surface area (Å²) in [6, 6.07) is 8.48. The molecule has 0 unspecified atom stereocenters. The second-order valence-electron chi connectivity index (χ2n) is 6.46. The van der Waals surface area contributed by atoms with Gasteiger partial charge in [0.1, 0.15) is 0 Å². The first-order valence-electron chi connectivity index (χ1n) is 9.00. The minimum atomic E-state index is 0.282. The van der Waals surface area contributed by atoms with Crippen LogP contribution in [0.2, 0.25) is 0 Å². The molecule has 0 saturated carbocycles. The summed E-state index contributed by atoms with van der Waals surface area (Å²) in [5.74, 6) is 1.05. The minimum absolute atomic E-state index is 0.282. The van der Waals surface area contributed by atoms with Crippen LogP contribution >= 0.6 is 0 Å². The summed E-state index contributed by atoms with van der Waals surface area (Å²) in [5.41, 5.74) is 2.33. The van der Waals surface area contributed by atoms with Crippen molar-refractivity contribution in [1.29, 1.82) is 0 Å². The third-order valence-corrected chi connectivity index (χ3v) is 4.80. The van der Waals surface area contributed by atoms with Crippen molar-refractivity contribution in [3.8, 4) is 0 Å². The van der Waals surface area contributed by atoms with Gasteiger partial charge in [-0.05, 0) is 56.9 Å². The number of rotatable bonds is 7. The standard InChI is InChI=1S/C19H31N3O/c1-4-21(5-2)18-8-6-17(7-9-18)20-13-10-19(23)22-14-11-16(3)12-15-22/h6-9,16,20H,4-5,10-15H2,1-3H3. The van der Waals surface area contributed by atoms with E-state index in [2.05, 4.69) is 55.3 Å². The Balaban J connectivity index is 1.74. The van der Waals surface area contributed by atoms with E-state index < -0.39 is 0 Å². The molecule has 0 aromatic heterocycles. The Hall–Kier alpha value is -1.71. The molecule has 1 saturated heterocycles. The molecule has 1 N–H and O–H groups in total. The van der Waals surface area contributed by atoms with Gasteiger partial charge in [0, 0.05) is 50.5 Å². The lowest BCUT2D eigenvalue weighted by molar-refractivity contribution is -0.132. The van der Waals surface area contributed by atoms with Gasteiger partial charge in [0.25, 0.3) is 0 Å². The topological polar surface area (TPSA) is 35.6 Å². The number of hydrogen-bond donors (Lipinski definition) is 1. The largest absolute Gasteiger partial charge is 0.385 e. The van der Waals surface area contributed by atoms with Crippen LogP contribution in [0.4, 0.5) is 11.4 Å². The zero-order valence-electron chi connectivity index (χ0n) is 14.8. The highest BCUT2D eigenvalue weighted by Gasteiger charge is 2.19. The van der Waals surface area contributed by atoms with Crippen molar-refractivity contribution in [3.05, 3.63) is 24.3 Å². The number of anilines is 2. The molecular formula is C19H31N3O. The fourth-order valence-electron chi connectivity index (χ4n) is 3.11. The molecule has 0 aliphatic carbocycles. The molecule has 4 heteroatoms. The van der Waals surface area contributed by atoms with E-state index in [1.807, 2.05) is 4.90 Å². The number of carbonyl (C=O) groups is 1. The molecule has 1 aromatic carbocycles. The molecule has 1 amide bonds. The quantitative estimate of drug-likeness (QED) is 0.835. The molecule has 2 rings (SSSR count). The Labute approximate surface area is 140 Å². The Bertz CT molecular complexity index is 474. The van der Waals surface area contributed by atoms with Gasteiger partial charge >= 0.3 is 0 Å². The predicted molar refractivity (Wildman–Crippen MR) is 98.1 cm³/mol. The number of nitrogens with one attached hydrogen (secondary N) is 1. The van der Waals surface area contributed by atoms with E-state index in [4.69, 9.17) is 0 Å². The lowest BCUT2D eigenvalue weighted by Gasteiger charge is -2.30. The molecule has 1 aromatic rings. The molecular weight excluding hydrogens is 286 g/mol. The van der Waals surface area contributed by atoms with Crippen LogP contribution in [0.15, 0.2) is 24.3 Å². The second kappa shape index (κ2) is 8.80. The maximum Gasteiger partial charge on any atom is 0.224 e. The van der Waals surface area contributed by atoms with E-state index in [0.717, 1.165) is 50.6 Å². The SMILES string of the molecule is CCN(CC)c1ccc(NCCC(=O)N2CCC(C)CC2)cc1. The monoisotopic (exact) mass is 317 g/mol. The number of benzene rings is 1. The van der Waals surface area contributed by atoms with Gasteiger partial charge < -0.3 is 15.1 Å². The lowest BCUT2D eigenvalue weighted by atomic mass is 9.99. The van der Waals surface area contributed by atoms with Gasteiger partial charge in [-0.1, -0.05) is 6.92 Å². The van der Waals surface area contributed by atoms with Crippen molar-refractivity contribution in [2.24, 2.45) is 5.92 Å². The molecule has 1 aliphatic rings. The molecule has 128 valence electrons. The summed E-state index contributed by atoms with van der Waals surface area (Å²) in [4.78, 5) is 16.5. The Morgan fingerprint density at radius 2 is 1.78 bits per heavy atom. The lowest BCUT2D eigenvalue weighted by Crippen LogP contribution is -2.38. The molecule has 0 atom stereocenters. The Morgan fingerprint density at radius 3 is 2.35 bits per heavy atom. The first-order chi connectivity index (χ1) is 11.1. The van der Waals surface area contributed by atoms with Gasteiger partial charge in [0.05, 0.1) is 0 Å². The normalized spacial score (nSPS) is 15.5. The summed E-state index contributed by atoms with van der Waals surface area (Å²) >= 11 is 0. The number of likely N-dealkylation sites (tertiary alicyclic amines) is 1. The maximum absolute atomic E-state index is 12.2. The van der Waals surface area contributed by atoms with Crippen LogP contribution in [0.1, 0.15) is 40.0 Å². The highest BCUT2D eigenvalue weighted by molar-refractivity contribution is 5.76. The fourth-order valence-corrected chi connectivity index (χ4v) is 3.11. The van der Waals surface area contributed by atoms with Gasteiger partial charge in [0.15, 0.2) is 0 Å². The number of nitrogens with zero attached hydrogens (tertiary/aromatic N) is 2. The number of amides is 1. The molecule has 1 fully saturated rings. The number of carbonyl (C=O) groups excluding carboxylic acids is 1.